The highest BCUT2D eigenvalue weighted by Crippen LogP contribution is 2.54. The van der Waals surface area contributed by atoms with E-state index in [0.29, 0.717) is 12.5 Å². The van der Waals surface area contributed by atoms with Crippen LogP contribution in [-0.2, 0) is 6.42 Å². The summed E-state index contributed by atoms with van der Waals surface area (Å²) in [6.07, 6.45) is 31.5. The summed E-state index contributed by atoms with van der Waals surface area (Å²) in [5.74, 6) is 2.80. The molecule has 0 saturated heterocycles. The van der Waals surface area contributed by atoms with Crippen molar-refractivity contribution < 1.29 is 4.42 Å². The lowest BCUT2D eigenvalue weighted by molar-refractivity contribution is 0.433. The van der Waals surface area contributed by atoms with Gasteiger partial charge in [0, 0.05) is 62.8 Å². The molecule has 0 saturated carbocycles. The molecule has 0 amide bonds. The highest BCUT2D eigenvalue weighted by atomic mass is 16.3. The van der Waals surface area contributed by atoms with Crippen LogP contribution in [0.2, 0.25) is 0 Å². The van der Waals surface area contributed by atoms with Crippen LogP contribution in [0.4, 0.5) is 5.69 Å². The Hall–Kier alpha value is -7.57. The normalized spacial score (nSPS) is 21.9. The Balaban J connectivity index is 0.991. The molecule has 7 aliphatic rings. The first-order chi connectivity index (χ1) is 33.7. The molecular weight excluding hydrogens is 831 g/mol. The van der Waals surface area contributed by atoms with Crippen molar-refractivity contribution >= 4 is 51.4 Å². The highest BCUT2D eigenvalue weighted by molar-refractivity contribution is 6.16. The number of fused-ring (bicyclic) bond motifs is 7. The fraction of sp³-hybridized carbons (Fsp3) is 0.210. The van der Waals surface area contributed by atoms with Crippen molar-refractivity contribution in [2.45, 2.75) is 81.8 Å². The Bertz CT molecular complexity index is 3260. The molecule has 4 heterocycles. The minimum absolute atomic E-state index is 0.0246. The van der Waals surface area contributed by atoms with Crippen LogP contribution in [-0.4, -0.2) is 30.1 Å². The van der Waals surface area contributed by atoms with E-state index in [9.17, 15) is 0 Å². The molecule has 0 spiro atoms. The van der Waals surface area contributed by atoms with Crippen molar-refractivity contribution in [3.8, 4) is 0 Å². The summed E-state index contributed by atoms with van der Waals surface area (Å²) < 4.78 is 7.41. The number of amidine groups is 2. The van der Waals surface area contributed by atoms with Gasteiger partial charge in [0.2, 0.25) is 0 Å². The number of nitrogens with one attached hydrogen (secondary N) is 1. The third kappa shape index (κ3) is 7.13. The summed E-state index contributed by atoms with van der Waals surface area (Å²) in [5.41, 5.74) is 17.6. The van der Waals surface area contributed by atoms with Crippen molar-refractivity contribution in [3.05, 3.63) is 238 Å². The molecule has 1 aromatic heterocycles. The lowest BCUT2D eigenvalue weighted by Gasteiger charge is -2.35. The molecule has 1 N–H and O–H groups in total. The van der Waals surface area contributed by atoms with Crippen molar-refractivity contribution in [1.29, 1.82) is 0 Å². The van der Waals surface area contributed by atoms with Crippen LogP contribution < -0.4 is 10.2 Å². The second-order valence-electron chi connectivity index (χ2n) is 19.0. The topological polar surface area (TPSA) is 65.5 Å². The van der Waals surface area contributed by atoms with Crippen molar-refractivity contribution in [1.82, 2.24) is 5.32 Å². The molecule has 3 atom stereocenters. The lowest BCUT2D eigenvalue weighted by atomic mass is 9.80. The third-order valence-electron chi connectivity index (χ3n) is 15.0. The van der Waals surface area contributed by atoms with Crippen molar-refractivity contribution in [2.75, 3.05) is 4.90 Å². The molecule has 6 heteroatoms. The second kappa shape index (κ2) is 17.3. The number of para-hydroxylation sites is 2. The minimum atomic E-state index is -0.543. The van der Waals surface area contributed by atoms with Gasteiger partial charge in [-0.15, -0.1) is 0 Å². The summed E-state index contributed by atoms with van der Waals surface area (Å²) >= 11 is 0. The Kier molecular flexibility index (Phi) is 10.3. The second-order valence-corrected chi connectivity index (χ2v) is 19.0. The number of aryl methyl sites for hydroxylation is 1. The maximum absolute atomic E-state index is 7.41. The van der Waals surface area contributed by atoms with E-state index in [-0.39, 0.29) is 11.8 Å². The molecule has 13 rings (SSSR count). The molecule has 0 fully saturated rings. The van der Waals surface area contributed by atoms with Gasteiger partial charge in [0.1, 0.15) is 23.0 Å². The Morgan fingerprint density at radius 3 is 2.12 bits per heavy atom. The Morgan fingerprint density at radius 2 is 1.38 bits per heavy atom. The molecule has 332 valence electrons. The van der Waals surface area contributed by atoms with Crippen LogP contribution in [0.1, 0.15) is 113 Å². The van der Waals surface area contributed by atoms with E-state index in [2.05, 4.69) is 192 Å². The average molecular weight is 884 g/mol. The van der Waals surface area contributed by atoms with E-state index in [4.69, 9.17) is 19.4 Å². The van der Waals surface area contributed by atoms with Gasteiger partial charge in [-0.1, -0.05) is 152 Å². The van der Waals surface area contributed by atoms with Gasteiger partial charge < -0.3 is 14.6 Å². The predicted molar refractivity (Wildman–Crippen MR) is 280 cm³/mol. The summed E-state index contributed by atoms with van der Waals surface area (Å²) in [5, 5.41) is 4.83. The van der Waals surface area contributed by atoms with Gasteiger partial charge in [0.05, 0.1) is 11.6 Å². The van der Waals surface area contributed by atoms with Gasteiger partial charge in [-0.05, 0) is 115 Å². The molecule has 6 nitrogen and oxygen atoms in total. The van der Waals surface area contributed by atoms with E-state index in [1.165, 1.54) is 55.7 Å². The SMILES string of the molecule is C1=CCCC(N2c3ccccc3C3c4oc5c(C6=C(C7N=C(c8ccccc8)NC(c8ccccc8)=N7)CC(c7cc(C8=CCCC=C8)ccc7C7=CCCC=C7)C=N6)cccc5c4CCC32)=C1. The fourth-order valence-corrected chi connectivity index (χ4v) is 11.8. The van der Waals surface area contributed by atoms with Crippen molar-refractivity contribution in [2.24, 2.45) is 15.0 Å². The van der Waals surface area contributed by atoms with Crippen LogP contribution in [0, 0.1) is 0 Å². The van der Waals surface area contributed by atoms with Crippen LogP contribution in [0.15, 0.2) is 207 Å². The van der Waals surface area contributed by atoms with E-state index in [0.717, 1.165) is 102 Å². The average Bonchev–Trinajstić information content (AvgIpc) is 3.98. The number of nitrogens with zero attached hydrogens (tertiary/aromatic N) is 4. The first kappa shape index (κ1) is 40.7. The van der Waals surface area contributed by atoms with Crippen LogP contribution in [0.5, 0.6) is 0 Å². The van der Waals surface area contributed by atoms with Gasteiger partial charge in [-0.2, -0.15) is 0 Å². The summed E-state index contributed by atoms with van der Waals surface area (Å²) in [6, 6.07) is 44.0. The number of hydrogen-bond donors (Lipinski definition) is 1. The summed E-state index contributed by atoms with van der Waals surface area (Å²) in [6.45, 7) is 0. The molecule has 4 aliphatic carbocycles. The molecule has 5 aromatic carbocycles. The predicted octanol–water partition coefficient (Wildman–Crippen LogP) is 14.2. The highest BCUT2D eigenvalue weighted by Gasteiger charge is 2.46. The van der Waals surface area contributed by atoms with Crippen LogP contribution >= 0.6 is 0 Å². The molecule has 3 unspecified atom stereocenters. The maximum Gasteiger partial charge on any atom is 0.168 e. The number of benzene rings is 5. The third-order valence-corrected chi connectivity index (χ3v) is 15.0. The zero-order valence-corrected chi connectivity index (χ0v) is 38.2. The number of furan rings is 1. The quantitative estimate of drug-likeness (QED) is 0.166. The maximum atomic E-state index is 7.41. The standard InChI is InChI=1S/C62H53N5O/c1-6-19-40(20-7-1)44-33-34-47(41-21-8-2-9-22-41)52(37-44)45-38-53(62-65-60(42-23-10-3-11-24-42)64-61(66-62)43-25-12-4-13-26-43)57(63-39-45)51-31-18-30-48-49-35-36-55-56(59(49)68-58(48)51)50-29-16-17-32-54(50)67(55)46-27-14-5-15-28-46/h3-6,8,10-14,16-27,29-34,37,39,45,55-56,62H,1-2,7,9,15,28,35-36,38H2,(H,64,65,66). The first-order valence-corrected chi connectivity index (χ1v) is 24.7. The van der Waals surface area contributed by atoms with Gasteiger partial charge >= 0.3 is 0 Å². The number of hydrogen-bond acceptors (Lipinski definition) is 6. The molecule has 68 heavy (non-hydrogen) atoms. The molecular formula is C62H53N5O. The minimum Gasteiger partial charge on any atom is -0.459 e. The number of rotatable bonds is 8. The van der Waals surface area contributed by atoms with E-state index >= 15 is 0 Å². The van der Waals surface area contributed by atoms with Gasteiger partial charge in [-0.3, -0.25) is 4.99 Å². The first-order valence-electron chi connectivity index (χ1n) is 24.7. The fourth-order valence-electron chi connectivity index (χ4n) is 11.8. The summed E-state index contributed by atoms with van der Waals surface area (Å²) in [4.78, 5) is 19.3. The molecule has 6 aromatic rings. The monoisotopic (exact) mass is 883 g/mol. The van der Waals surface area contributed by atoms with Crippen molar-refractivity contribution in [3.63, 3.8) is 0 Å². The van der Waals surface area contributed by atoms with Crippen LogP contribution in [0.25, 0.3) is 27.8 Å². The van der Waals surface area contributed by atoms with Crippen LogP contribution in [0.3, 0.4) is 0 Å². The van der Waals surface area contributed by atoms with Gasteiger partial charge in [0.25, 0.3) is 0 Å². The van der Waals surface area contributed by atoms with Gasteiger partial charge in [-0.25, -0.2) is 9.98 Å². The van der Waals surface area contributed by atoms with E-state index < -0.39 is 6.17 Å². The van der Waals surface area contributed by atoms with E-state index in [1.54, 1.807) is 0 Å². The number of aliphatic imine (C=N–C) groups is 3. The molecule has 0 bridgehead atoms. The van der Waals surface area contributed by atoms with Gasteiger partial charge in [0.15, 0.2) is 6.17 Å². The Morgan fingerprint density at radius 1 is 0.632 bits per heavy atom. The number of allylic oxidation sites excluding steroid dienone is 12. The largest absolute Gasteiger partial charge is 0.459 e. The molecule has 3 aliphatic heterocycles. The smallest absolute Gasteiger partial charge is 0.168 e. The summed E-state index contributed by atoms with van der Waals surface area (Å²) in [7, 11) is 0. The zero-order valence-electron chi connectivity index (χ0n) is 38.2. The zero-order chi connectivity index (χ0) is 45.0. The number of anilines is 1. The lowest BCUT2D eigenvalue weighted by Crippen LogP contribution is -2.38. The van der Waals surface area contributed by atoms with E-state index in [1.807, 2.05) is 0 Å². The molecule has 0 radical (unpaired) electrons. The Labute approximate surface area is 398 Å².